The number of esters is 1. The third-order valence-electron chi connectivity index (χ3n) is 7.05. The summed E-state index contributed by atoms with van der Waals surface area (Å²) < 4.78 is 11.0. The van der Waals surface area contributed by atoms with Gasteiger partial charge in [-0.15, -0.1) is 0 Å². The first-order chi connectivity index (χ1) is 20.1. The van der Waals surface area contributed by atoms with Gasteiger partial charge in [-0.1, -0.05) is 36.4 Å². The Morgan fingerprint density at radius 2 is 1.43 bits per heavy atom. The molecular weight excluding hydrogens is 528 g/mol. The third kappa shape index (κ3) is 6.86. The predicted molar refractivity (Wildman–Crippen MR) is 168 cm³/mol. The van der Waals surface area contributed by atoms with Gasteiger partial charge in [0.25, 0.3) is 17.9 Å². The molecule has 1 N–H and O–H groups in total. The van der Waals surface area contributed by atoms with E-state index >= 15 is 0 Å². The van der Waals surface area contributed by atoms with Crippen LogP contribution in [0.5, 0.6) is 0 Å². The van der Waals surface area contributed by atoms with Crippen LogP contribution in [0.15, 0.2) is 60.9 Å². The van der Waals surface area contributed by atoms with E-state index in [0.717, 1.165) is 33.9 Å². The summed E-state index contributed by atoms with van der Waals surface area (Å²) in [7, 11) is 11.6. The van der Waals surface area contributed by atoms with E-state index in [2.05, 4.69) is 87.9 Å². The van der Waals surface area contributed by atoms with Gasteiger partial charge >= 0.3 is 11.6 Å². The van der Waals surface area contributed by atoms with Crippen LogP contribution >= 0.6 is 0 Å². The van der Waals surface area contributed by atoms with Gasteiger partial charge in [0.15, 0.2) is 0 Å². The molecule has 2 aromatic carbocycles. The second-order valence-corrected chi connectivity index (χ2v) is 10.5. The van der Waals surface area contributed by atoms with Crippen LogP contribution < -0.4 is 24.3 Å². The summed E-state index contributed by atoms with van der Waals surface area (Å²) in [5.74, 6) is -0.591. The fourth-order valence-corrected chi connectivity index (χ4v) is 4.67. The lowest BCUT2D eigenvalue weighted by atomic mass is 10.1. The number of hydrogen-bond donors (Lipinski definition) is 1. The summed E-state index contributed by atoms with van der Waals surface area (Å²) in [5, 5.41) is 2.77. The normalized spacial score (nSPS) is 11.4. The van der Waals surface area contributed by atoms with Gasteiger partial charge in [0.2, 0.25) is 0 Å². The van der Waals surface area contributed by atoms with Crippen LogP contribution in [-0.4, -0.2) is 58.1 Å². The highest BCUT2D eigenvalue weighted by molar-refractivity contribution is 5.95. The van der Waals surface area contributed by atoms with Crippen molar-refractivity contribution in [3.63, 3.8) is 0 Å². The Morgan fingerprint density at radius 1 is 0.881 bits per heavy atom. The molecule has 0 unspecified atom stereocenters. The van der Waals surface area contributed by atoms with Crippen molar-refractivity contribution in [3.05, 3.63) is 89.1 Å². The maximum atomic E-state index is 13.2. The number of hydrogen-bond acceptors (Lipinski definition) is 5. The number of nitrogens with zero attached hydrogens (tertiary/aromatic N) is 5. The number of amides is 1. The number of ether oxygens (including phenoxy) is 1. The van der Waals surface area contributed by atoms with Crippen molar-refractivity contribution in [3.8, 4) is 0 Å². The topological polar surface area (TPSA) is 74.0 Å². The second-order valence-electron chi connectivity index (χ2n) is 10.5. The van der Waals surface area contributed by atoms with Crippen LogP contribution in [-0.2, 0) is 23.1 Å². The first kappa shape index (κ1) is 30.0. The Bertz CT molecular complexity index is 1630. The molecule has 0 saturated carbocycles. The molecule has 0 radical (unpaired) electrons. The zero-order chi connectivity index (χ0) is 30.4. The quantitative estimate of drug-likeness (QED) is 0.234. The van der Waals surface area contributed by atoms with Crippen molar-refractivity contribution < 1.29 is 23.5 Å². The monoisotopic (exact) mass is 568 g/mol. The number of nitrogens with one attached hydrogen (secondary N) is 1. The molecule has 2 aromatic heterocycles. The summed E-state index contributed by atoms with van der Waals surface area (Å²) in [4.78, 5) is 28.7. The van der Waals surface area contributed by atoms with E-state index in [4.69, 9.17) is 4.74 Å². The number of aromatic nitrogens is 3. The Hall–Kier alpha value is -4.92. The summed E-state index contributed by atoms with van der Waals surface area (Å²) in [6.07, 6.45) is 10.1. The summed E-state index contributed by atoms with van der Waals surface area (Å²) >= 11 is 0. The molecule has 0 spiro atoms. The smallest absolute Gasteiger partial charge is 0.343 e. The molecule has 0 atom stereocenters. The maximum absolute atomic E-state index is 13.2. The Morgan fingerprint density at radius 3 is 1.93 bits per heavy atom. The average molecular weight is 569 g/mol. The van der Waals surface area contributed by atoms with E-state index in [0.29, 0.717) is 17.9 Å². The van der Waals surface area contributed by atoms with E-state index in [1.54, 1.807) is 7.05 Å². The molecule has 0 aliphatic carbocycles. The minimum atomic E-state index is -0.360. The van der Waals surface area contributed by atoms with Crippen LogP contribution in [0.25, 0.3) is 30.0 Å². The molecule has 0 fully saturated rings. The van der Waals surface area contributed by atoms with Crippen molar-refractivity contribution in [2.75, 3.05) is 51.6 Å². The van der Waals surface area contributed by atoms with E-state index in [1.807, 2.05) is 61.2 Å². The van der Waals surface area contributed by atoms with Crippen LogP contribution in [0.2, 0.25) is 0 Å². The van der Waals surface area contributed by atoms with Gasteiger partial charge in [0, 0.05) is 59.6 Å². The van der Waals surface area contributed by atoms with Crippen molar-refractivity contribution >= 4 is 53.2 Å². The average Bonchev–Trinajstić information content (AvgIpc) is 3.36. The molecule has 4 rings (SSSR count). The largest absolute Gasteiger partial charge is 0.462 e. The van der Waals surface area contributed by atoms with Gasteiger partial charge in [-0.2, -0.15) is 4.40 Å². The molecule has 2 heterocycles. The van der Waals surface area contributed by atoms with Crippen molar-refractivity contribution in [1.29, 1.82) is 0 Å². The molecule has 42 heavy (non-hydrogen) atoms. The standard InChI is InChI=1S/C33H39N6O3/c1-24(40)42-21-20-38-23-39-30(19-13-26-10-16-28(17-11-26)36(5)6)22-29(37(7)33(39)31(38)32(41)34-2)18-12-25-8-14-27(15-9-25)35(3)4/h8-19,22-23H,20-21H2,1-7H3/q+1/p+1. The minimum absolute atomic E-state index is 0.156. The van der Waals surface area contributed by atoms with Crippen LogP contribution in [0.1, 0.15) is 39.9 Å². The second kappa shape index (κ2) is 13.2. The summed E-state index contributed by atoms with van der Waals surface area (Å²) in [5.41, 5.74) is 7.37. The number of benzene rings is 2. The summed E-state index contributed by atoms with van der Waals surface area (Å²) in [6.45, 7) is 1.87. The molecule has 0 bridgehead atoms. The Kier molecular flexibility index (Phi) is 9.42. The third-order valence-corrected chi connectivity index (χ3v) is 7.05. The molecule has 9 nitrogen and oxygen atoms in total. The zero-order valence-electron chi connectivity index (χ0n) is 25.5. The number of aryl methyl sites for hydroxylation is 1. The van der Waals surface area contributed by atoms with Gasteiger partial charge in [0.1, 0.15) is 24.5 Å². The Balaban J connectivity index is 1.85. The summed E-state index contributed by atoms with van der Waals surface area (Å²) in [6, 6.07) is 18.7. The number of fused-ring (bicyclic) bond motifs is 1. The molecular formula is C33H40N6O3+2. The van der Waals surface area contributed by atoms with Gasteiger partial charge < -0.3 is 19.9 Å². The first-order valence-corrected chi connectivity index (χ1v) is 13.8. The fourth-order valence-electron chi connectivity index (χ4n) is 4.67. The lowest BCUT2D eigenvalue weighted by molar-refractivity contribution is -0.703. The van der Waals surface area contributed by atoms with Crippen LogP contribution in [0.4, 0.5) is 11.4 Å². The molecule has 0 aliphatic heterocycles. The SMILES string of the molecule is CNC(=O)c1c2n(c[n+]1CCOC(C)=O)c(/C=C/c1ccc(N(C)C)cc1)cc(/C=C/c1ccc(N(C)C)cc1)[n+]2C. The maximum Gasteiger partial charge on any atom is 0.343 e. The minimum Gasteiger partial charge on any atom is -0.462 e. The molecule has 0 saturated heterocycles. The van der Waals surface area contributed by atoms with Gasteiger partial charge in [-0.25, -0.2) is 9.13 Å². The van der Waals surface area contributed by atoms with E-state index in [1.165, 1.54) is 6.92 Å². The molecule has 4 aromatic rings. The molecule has 9 heteroatoms. The van der Waals surface area contributed by atoms with Gasteiger partial charge in [0.05, 0.1) is 7.05 Å². The van der Waals surface area contributed by atoms with Crippen LogP contribution in [0, 0.1) is 0 Å². The highest BCUT2D eigenvalue weighted by Gasteiger charge is 2.31. The van der Waals surface area contributed by atoms with Crippen molar-refractivity contribution in [2.24, 2.45) is 7.05 Å². The lowest BCUT2D eigenvalue weighted by Gasteiger charge is -2.11. The highest BCUT2D eigenvalue weighted by Crippen LogP contribution is 2.18. The van der Waals surface area contributed by atoms with E-state index < -0.39 is 0 Å². The van der Waals surface area contributed by atoms with E-state index in [-0.39, 0.29) is 18.5 Å². The van der Waals surface area contributed by atoms with Crippen LogP contribution in [0.3, 0.4) is 0 Å². The number of anilines is 2. The van der Waals surface area contributed by atoms with Gasteiger partial charge in [-0.3, -0.25) is 9.59 Å². The number of carbonyl (C=O) groups is 2. The number of imidazole rings is 1. The van der Waals surface area contributed by atoms with Crippen molar-refractivity contribution in [1.82, 2.24) is 9.72 Å². The number of carbonyl (C=O) groups excluding carboxylic acids is 2. The Labute approximate surface area is 247 Å². The van der Waals surface area contributed by atoms with E-state index in [9.17, 15) is 9.59 Å². The molecule has 218 valence electrons. The fraction of sp³-hybridized carbons (Fsp3) is 0.273. The molecule has 1 amide bonds. The van der Waals surface area contributed by atoms with Gasteiger partial charge in [-0.05, 0) is 47.5 Å². The first-order valence-electron chi connectivity index (χ1n) is 13.8. The predicted octanol–water partition coefficient (Wildman–Crippen LogP) is 3.45. The lowest BCUT2D eigenvalue weighted by Crippen LogP contribution is -2.44. The number of rotatable bonds is 10. The molecule has 0 aliphatic rings. The zero-order valence-corrected chi connectivity index (χ0v) is 25.5. The van der Waals surface area contributed by atoms with Crippen molar-refractivity contribution in [2.45, 2.75) is 13.5 Å². The highest BCUT2D eigenvalue weighted by atomic mass is 16.5.